The molecule has 4 N–H and O–H groups in total. The van der Waals surface area contributed by atoms with E-state index in [9.17, 15) is 20.4 Å². The topological polar surface area (TPSA) is 144 Å². The van der Waals surface area contributed by atoms with E-state index in [4.69, 9.17) is 0 Å². The zero-order valence-electron chi connectivity index (χ0n) is 37.7. The summed E-state index contributed by atoms with van der Waals surface area (Å²) in [5.41, 5.74) is 8.47. The van der Waals surface area contributed by atoms with Crippen LogP contribution in [0.2, 0.25) is 0 Å². The van der Waals surface area contributed by atoms with Gasteiger partial charge in [-0.15, -0.1) is 5.11 Å². The number of pyridine rings is 1. The van der Waals surface area contributed by atoms with Crippen LogP contribution in [0.3, 0.4) is 0 Å². The Hall–Kier alpha value is -4.83. The second-order valence-electron chi connectivity index (χ2n) is 16.7. The van der Waals surface area contributed by atoms with Gasteiger partial charge in [-0.2, -0.15) is 19.9 Å². The Labute approximate surface area is 386 Å². The molecular weight excluding hydrogens is 841 g/mol. The molecule has 12 nitrogen and oxygen atoms in total. The molecule has 64 heavy (non-hydrogen) atoms. The third-order valence-corrected chi connectivity index (χ3v) is 13.3. The highest BCUT2D eigenvalue weighted by atomic mass is 33.1. The molecule has 4 unspecified atom stereocenters. The first-order valence-electron chi connectivity index (χ1n) is 22.5. The fourth-order valence-electron chi connectivity index (χ4n) is 7.79. The molecule has 0 aliphatic carbocycles. The summed E-state index contributed by atoms with van der Waals surface area (Å²) in [6.07, 6.45) is 6.79. The minimum absolute atomic E-state index is 0.438. The van der Waals surface area contributed by atoms with E-state index in [-0.39, 0.29) is 0 Å². The molecule has 0 radical (unpaired) electrons. The van der Waals surface area contributed by atoms with Crippen LogP contribution in [0.1, 0.15) is 58.9 Å². The Morgan fingerprint density at radius 1 is 0.594 bits per heavy atom. The number of aryl methyl sites for hydroxylation is 1. The maximum atomic E-state index is 9.93. The van der Waals surface area contributed by atoms with Crippen LogP contribution in [0, 0.1) is 0 Å². The van der Waals surface area contributed by atoms with Crippen molar-refractivity contribution in [2.45, 2.75) is 84.3 Å². The number of aliphatic hydroxyl groups is 4. The highest BCUT2D eigenvalue weighted by molar-refractivity contribution is 8.76. The van der Waals surface area contributed by atoms with Crippen LogP contribution < -0.4 is 19.3 Å². The number of hydrogen-bond donors (Lipinski definition) is 4. The number of benzene rings is 4. The summed E-state index contributed by atoms with van der Waals surface area (Å²) in [5.74, 6) is 2.26. The number of nitrogens with zero attached hydrogens (tertiary/aromatic N) is 8. The van der Waals surface area contributed by atoms with Gasteiger partial charge in [-0.3, -0.25) is 0 Å². The van der Waals surface area contributed by atoms with Gasteiger partial charge in [-0.25, -0.2) is 0 Å². The maximum Gasteiger partial charge on any atom is 0.214 e. The molecule has 5 aromatic rings. The molecule has 340 valence electrons. The molecule has 1 aliphatic heterocycles. The van der Waals surface area contributed by atoms with Crippen molar-refractivity contribution >= 4 is 72.3 Å². The molecule has 4 atom stereocenters. The molecule has 0 bridgehead atoms. The Balaban J connectivity index is 0.902. The summed E-state index contributed by atoms with van der Waals surface area (Å²) in [7, 11) is 3.96. The molecule has 4 aromatic carbocycles. The van der Waals surface area contributed by atoms with E-state index in [1.807, 2.05) is 92.1 Å². The van der Waals surface area contributed by atoms with Crippen molar-refractivity contribution in [2.24, 2.45) is 20.5 Å². The van der Waals surface area contributed by atoms with Crippen molar-refractivity contribution in [3.8, 4) is 0 Å². The summed E-state index contributed by atoms with van der Waals surface area (Å²) < 4.78 is 2.31. The average molecular weight is 906 g/mol. The molecular formula is C50H65N8O4S2+. The van der Waals surface area contributed by atoms with E-state index in [2.05, 4.69) is 84.7 Å². The Morgan fingerprint density at radius 2 is 1.12 bits per heavy atom. The lowest BCUT2D eigenvalue weighted by molar-refractivity contribution is -0.671. The number of para-hydroxylation sites is 2. The maximum absolute atomic E-state index is 9.93. The monoisotopic (exact) mass is 905 g/mol. The van der Waals surface area contributed by atoms with Gasteiger partial charge in [0.1, 0.15) is 12.2 Å². The van der Waals surface area contributed by atoms with Gasteiger partial charge in [-0.1, -0.05) is 51.9 Å². The number of unbranched alkanes of at least 4 members (excludes halogenated alkanes) is 2. The summed E-state index contributed by atoms with van der Waals surface area (Å²) in [5, 5.41) is 59.2. The molecule has 6 rings (SSSR count). The lowest BCUT2D eigenvalue weighted by atomic mass is 10.0. The summed E-state index contributed by atoms with van der Waals surface area (Å²) in [6, 6.07) is 34.3. The number of fused-ring (bicyclic) bond motifs is 2. The Bertz CT molecular complexity index is 2270. The van der Waals surface area contributed by atoms with E-state index in [0.29, 0.717) is 26.2 Å². The van der Waals surface area contributed by atoms with E-state index >= 15 is 0 Å². The zero-order valence-corrected chi connectivity index (χ0v) is 39.3. The van der Waals surface area contributed by atoms with Crippen molar-refractivity contribution in [3.05, 3.63) is 121 Å². The third kappa shape index (κ3) is 14.9. The molecule has 0 fully saturated rings. The minimum atomic E-state index is -0.508. The molecule has 2 heterocycles. The van der Waals surface area contributed by atoms with Gasteiger partial charge in [0, 0.05) is 92.0 Å². The van der Waals surface area contributed by atoms with Crippen LogP contribution in [0.15, 0.2) is 136 Å². The number of azo groups is 2. The second-order valence-corrected chi connectivity index (χ2v) is 19.4. The van der Waals surface area contributed by atoms with Crippen molar-refractivity contribution in [1.29, 1.82) is 0 Å². The van der Waals surface area contributed by atoms with Crippen LogP contribution in [0.25, 0.3) is 16.6 Å². The molecule has 0 spiro atoms. The van der Waals surface area contributed by atoms with E-state index in [0.717, 1.165) is 107 Å². The van der Waals surface area contributed by atoms with Crippen LogP contribution >= 0.6 is 21.6 Å². The van der Waals surface area contributed by atoms with Gasteiger partial charge in [0.2, 0.25) is 5.52 Å². The predicted molar refractivity (Wildman–Crippen MR) is 267 cm³/mol. The quantitative estimate of drug-likeness (QED) is 0.0195. The second kappa shape index (κ2) is 25.0. The predicted octanol–water partition coefficient (Wildman–Crippen LogP) is 10.3. The fourth-order valence-corrected chi connectivity index (χ4v) is 10.1. The highest BCUT2D eigenvalue weighted by Gasteiger charge is 2.19. The first-order chi connectivity index (χ1) is 31.0. The third-order valence-electron chi connectivity index (χ3n) is 10.7. The van der Waals surface area contributed by atoms with Crippen molar-refractivity contribution < 1.29 is 25.0 Å². The number of rotatable bonds is 25. The molecule has 0 amide bonds. The van der Waals surface area contributed by atoms with E-state index in [1.54, 1.807) is 27.7 Å². The first-order valence-corrected chi connectivity index (χ1v) is 25.0. The van der Waals surface area contributed by atoms with Crippen molar-refractivity contribution in [2.75, 3.05) is 65.5 Å². The highest BCUT2D eigenvalue weighted by Crippen LogP contribution is 2.34. The molecule has 14 heteroatoms. The van der Waals surface area contributed by atoms with Crippen LogP contribution in [-0.2, 0) is 6.54 Å². The lowest BCUT2D eigenvalue weighted by Gasteiger charge is -2.29. The zero-order chi connectivity index (χ0) is 45.3. The van der Waals surface area contributed by atoms with Gasteiger partial charge in [0.15, 0.2) is 6.20 Å². The van der Waals surface area contributed by atoms with Gasteiger partial charge >= 0.3 is 0 Å². The number of anilines is 3. The normalized spacial score (nSPS) is 14.8. The van der Waals surface area contributed by atoms with Crippen LogP contribution in [0.5, 0.6) is 0 Å². The van der Waals surface area contributed by atoms with Gasteiger partial charge in [-0.05, 0) is 114 Å². The summed E-state index contributed by atoms with van der Waals surface area (Å²) in [4.78, 5) is 6.39. The molecule has 1 aliphatic rings. The average Bonchev–Trinajstić information content (AvgIpc) is 3.28. The SMILES string of the molecule is CC(O)CN(CC(C)O)c1ccc(/N=N/C2=CCN(CCCCSSCCCC[n+]3ccc(/N=N/c4ccc(N(CC(C)O)CC(C)O)cc4)c4ccccc43)c3ccccc32)cc1. The first kappa shape index (κ1) is 48.6. The number of aliphatic hydroxyl groups excluding tert-OH is 4. The fraction of sp³-hybridized carbons (Fsp3) is 0.420. The molecule has 1 aromatic heterocycles. The minimum Gasteiger partial charge on any atom is -0.392 e. The van der Waals surface area contributed by atoms with Crippen molar-refractivity contribution in [3.63, 3.8) is 0 Å². The van der Waals surface area contributed by atoms with Crippen LogP contribution in [0.4, 0.5) is 34.1 Å². The Kier molecular flexibility index (Phi) is 19.0. The smallest absolute Gasteiger partial charge is 0.214 e. The molecule has 0 saturated heterocycles. The van der Waals surface area contributed by atoms with Gasteiger partial charge in [0.25, 0.3) is 0 Å². The number of hydrogen-bond acceptors (Lipinski definition) is 13. The van der Waals surface area contributed by atoms with Crippen molar-refractivity contribution in [1.82, 2.24) is 0 Å². The van der Waals surface area contributed by atoms with E-state index < -0.39 is 24.4 Å². The Morgan fingerprint density at radius 3 is 1.72 bits per heavy atom. The summed E-state index contributed by atoms with van der Waals surface area (Å²) >= 11 is 0. The van der Waals surface area contributed by atoms with Crippen LogP contribution in [-0.4, -0.2) is 95.6 Å². The van der Waals surface area contributed by atoms with Gasteiger partial charge < -0.3 is 35.1 Å². The van der Waals surface area contributed by atoms with E-state index in [1.165, 1.54) is 5.69 Å². The van der Waals surface area contributed by atoms with Gasteiger partial charge in [0.05, 0.1) is 46.9 Å². The lowest BCUT2D eigenvalue weighted by Crippen LogP contribution is -2.36. The molecule has 0 saturated carbocycles. The summed E-state index contributed by atoms with van der Waals surface area (Å²) in [6.45, 7) is 11.5. The standard InChI is InChI=1S/C50H65N8O4S2/c1-37(59)33-57(34-38(2)60)43-21-17-41(18-22-43)51-53-47-25-29-55(49-15-7-5-13-45(47)49)27-9-11-31-63-64-32-12-10-28-56-30-26-48(46-14-6-8-16-50(46)56)54-52-42-19-23-44(24-20-42)58(35-39(3)61)36-40(4)62/h5-8,13-26,29,37-40,59-62H,9-12,27-28,30-36H2,1-4H3/q+1/b54-52+. The number of aromatic nitrogens is 1. The largest absolute Gasteiger partial charge is 0.392 e.